The SMILES string of the molecule is Cc1ccc(OCc2ncc(N)cn2)c(C)c1. The summed E-state index contributed by atoms with van der Waals surface area (Å²) >= 11 is 0. The maximum atomic E-state index is 5.65. The van der Waals surface area contributed by atoms with E-state index >= 15 is 0 Å². The number of aromatic nitrogens is 2. The molecule has 1 heterocycles. The lowest BCUT2D eigenvalue weighted by atomic mass is 10.1. The molecule has 0 spiro atoms. The molecule has 0 radical (unpaired) electrons. The number of aryl methyl sites for hydroxylation is 2. The first kappa shape index (κ1) is 11.4. The van der Waals surface area contributed by atoms with E-state index in [9.17, 15) is 0 Å². The van der Waals surface area contributed by atoms with Gasteiger partial charge in [-0.25, -0.2) is 9.97 Å². The Hall–Kier alpha value is -2.10. The number of benzene rings is 1. The van der Waals surface area contributed by atoms with Crippen LogP contribution in [0, 0.1) is 13.8 Å². The molecule has 0 aliphatic carbocycles. The number of nitrogens with two attached hydrogens (primary N) is 1. The predicted octanol–water partition coefficient (Wildman–Crippen LogP) is 2.25. The molecule has 0 bridgehead atoms. The van der Waals surface area contributed by atoms with E-state index in [-0.39, 0.29) is 0 Å². The first-order valence-corrected chi connectivity index (χ1v) is 5.41. The smallest absolute Gasteiger partial charge is 0.166 e. The van der Waals surface area contributed by atoms with Crippen molar-refractivity contribution in [1.29, 1.82) is 0 Å². The van der Waals surface area contributed by atoms with Crippen molar-refractivity contribution >= 4 is 5.69 Å². The molecule has 4 heteroatoms. The Bertz CT molecular complexity index is 509. The van der Waals surface area contributed by atoms with Crippen LogP contribution in [0.4, 0.5) is 5.69 Å². The fourth-order valence-corrected chi connectivity index (χ4v) is 1.54. The molecule has 1 aromatic carbocycles. The molecule has 1 aromatic heterocycles. The summed E-state index contributed by atoms with van der Waals surface area (Å²) in [5.74, 6) is 1.48. The molecule has 2 rings (SSSR count). The number of nitrogen functional groups attached to an aromatic ring is 1. The van der Waals surface area contributed by atoms with Gasteiger partial charge < -0.3 is 10.5 Å². The Kier molecular flexibility index (Phi) is 3.23. The van der Waals surface area contributed by atoms with Gasteiger partial charge in [0.1, 0.15) is 12.4 Å². The highest BCUT2D eigenvalue weighted by atomic mass is 16.5. The molecule has 0 aliphatic heterocycles. The van der Waals surface area contributed by atoms with Crippen molar-refractivity contribution in [3.8, 4) is 5.75 Å². The lowest BCUT2D eigenvalue weighted by Crippen LogP contribution is -2.02. The van der Waals surface area contributed by atoms with E-state index in [1.54, 1.807) is 12.4 Å². The van der Waals surface area contributed by atoms with E-state index < -0.39 is 0 Å². The van der Waals surface area contributed by atoms with E-state index in [0.29, 0.717) is 18.1 Å². The van der Waals surface area contributed by atoms with Crippen LogP contribution in [0.3, 0.4) is 0 Å². The molecule has 2 aromatic rings. The molecule has 0 fully saturated rings. The Morgan fingerprint density at radius 1 is 1.18 bits per heavy atom. The minimum absolute atomic E-state index is 0.351. The Morgan fingerprint density at radius 3 is 2.53 bits per heavy atom. The zero-order chi connectivity index (χ0) is 12.3. The lowest BCUT2D eigenvalue weighted by molar-refractivity contribution is 0.294. The second kappa shape index (κ2) is 4.82. The number of hydrogen-bond donors (Lipinski definition) is 1. The van der Waals surface area contributed by atoms with Crippen LogP contribution < -0.4 is 10.5 Å². The van der Waals surface area contributed by atoms with Crippen LogP contribution in [0.25, 0.3) is 0 Å². The second-order valence-corrected chi connectivity index (χ2v) is 3.99. The highest BCUT2D eigenvalue weighted by molar-refractivity contribution is 5.35. The largest absolute Gasteiger partial charge is 0.485 e. The Labute approximate surface area is 100 Å². The van der Waals surface area contributed by atoms with Crippen molar-refractivity contribution in [2.75, 3.05) is 5.73 Å². The predicted molar refractivity (Wildman–Crippen MR) is 66.7 cm³/mol. The van der Waals surface area contributed by atoms with Crippen LogP contribution in [0.5, 0.6) is 5.75 Å². The standard InChI is InChI=1S/C13H15N3O/c1-9-3-4-12(10(2)5-9)17-8-13-15-6-11(14)7-16-13/h3-7H,8,14H2,1-2H3. The molecule has 0 atom stereocenters. The third kappa shape index (κ3) is 2.93. The summed E-state index contributed by atoms with van der Waals surface area (Å²) in [5, 5.41) is 0. The number of hydrogen-bond acceptors (Lipinski definition) is 4. The maximum Gasteiger partial charge on any atom is 0.166 e. The number of rotatable bonds is 3. The molecule has 0 amide bonds. The van der Waals surface area contributed by atoms with Crippen molar-refractivity contribution in [3.05, 3.63) is 47.5 Å². The summed E-state index contributed by atoms with van der Waals surface area (Å²) in [6.45, 7) is 4.43. The minimum atomic E-state index is 0.351. The lowest BCUT2D eigenvalue weighted by Gasteiger charge is -2.08. The highest BCUT2D eigenvalue weighted by Gasteiger charge is 2.01. The minimum Gasteiger partial charge on any atom is -0.485 e. The zero-order valence-electron chi connectivity index (χ0n) is 9.97. The Morgan fingerprint density at radius 2 is 1.88 bits per heavy atom. The van der Waals surface area contributed by atoms with Crippen molar-refractivity contribution < 1.29 is 4.74 Å². The van der Waals surface area contributed by atoms with Crippen LogP contribution >= 0.6 is 0 Å². The molecule has 0 saturated heterocycles. The quantitative estimate of drug-likeness (QED) is 0.876. The maximum absolute atomic E-state index is 5.65. The van der Waals surface area contributed by atoms with Crippen molar-refractivity contribution in [3.63, 3.8) is 0 Å². The normalized spacial score (nSPS) is 10.2. The molecular formula is C13H15N3O. The van der Waals surface area contributed by atoms with E-state index in [4.69, 9.17) is 10.5 Å². The Balaban J connectivity index is 2.04. The van der Waals surface area contributed by atoms with Crippen LogP contribution in [-0.2, 0) is 6.61 Å². The highest BCUT2D eigenvalue weighted by Crippen LogP contribution is 2.19. The van der Waals surface area contributed by atoms with Gasteiger partial charge in [-0.2, -0.15) is 0 Å². The average Bonchev–Trinajstić information content (AvgIpc) is 2.30. The fraction of sp³-hybridized carbons (Fsp3) is 0.231. The van der Waals surface area contributed by atoms with Gasteiger partial charge in [0.05, 0.1) is 18.1 Å². The molecule has 0 unspecified atom stereocenters. The van der Waals surface area contributed by atoms with Crippen LogP contribution in [0.1, 0.15) is 17.0 Å². The van der Waals surface area contributed by atoms with E-state index in [0.717, 1.165) is 11.3 Å². The van der Waals surface area contributed by atoms with E-state index in [1.807, 2.05) is 19.1 Å². The van der Waals surface area contributed by atoms with E-state index in [1.165, 1.54) is 5.56 Å². The summed E-state index contributed by atoms with van der Waals surface area (Å²) in [6.07, 6.45) is 3.15. The molecular weight excluding hydrogens is 214 g/mol. The molecule has 17 heavy (non-hydrogen) atoms. The van der Waals surface area contributed by atoms with Crippen molar-refractivity contribution in [1.82, 2.24) is 9.97 Å². The molecule has 4 nitrogen and oxygen atoms in total. The van der Waals surface area contributed by atoms with Crippen LogP contribution in [-0.4, -0.2) is 9.97 Å². The molecule has 0 saturated carbocycles. The molecule has 0 aliphatic rings. The average molecular weight is 229 g/mol. The topological polar surface area (TPSA) is 61.0 Å². The molecule has 2 N–H and O–H groups in total. The number of nitrogens with zero attached hydrogens (tertiary/aromatic N) is 2. The first-order chi connectivity index (χ1) is 8.15. The van der Waals surface area contributed by atoms with Gasteiger partial charge in [-0.15, -0.1) is 0 Å². The first-order valence-electron chi connectivity index (χ1n) is 5.41. The number of anilines is 1. The van der Waals surface area contributed by atoms with Gasteiger partial charge in [0.25, 0.3) is 0 Å². The van der Waals surface area contributed by atoms with Gasteiger partial charge >= 0.3 is 0 Å². The van der Waals surface area contributed by atoms with Gasteiger partial charge in [0.2, 0.25) is 0 Å². The third-order valence-electron chi connectivity index (χ3n) is 2.41. The molecule has 88 valence electrons. The zero-order valence-corrected chi connectivity index (χ0v) is 9.97. The van der Waals surface area contributed by atoms with Crippen molar-refractivity contribution in [2.45, 2.75) is 20.5 Å². The van der Waals surface area contributed by atoms with Gasteiger partial charge in [0.15, 0.2) is 5.82 Å². The second-order valence-electron chi connectivity index (χ2n) is 3.99. The van der Waals surface area contributed by atoms with Gasteiger partial charge in [0, 0.05) is 0 Å². The third-order valence-corrected chi connectivity index (χ3v) is 2.41. The fourth-order valence-electron chi connectivity index (χ4n) is 1.54. The van der Waals surface area contributed by atoms with Gasteiger partial charge in [-0.1, -0.05) is 17.7 Å². The van der Waals surface area contributed by atoms with Gasteiger partial charge in [-0.05, 0) is 25.5 Å². The van der Waals surface area contributed by atoms with Crippen LogP contribution in [0.15, 0.2) is 30.6 Å². The summed E-state index contributed by atoms with van der Waals surface area (Å²) in [5.41, 5.74) is 8.40. The van der Waals surface area contributed by atoms with Crippen LogP contribution in [0.2, 0.25) is 0 Å². The summed E-state index contributed by atoms with van der Waals surface area (Å²) in [6, 6.07) is 6.06. The van der Waals surface area contributed by atoms with Crippen molar-refractivity contribution in [2.24, 2.45) is 0 Å². The summed E-state index contributed by atoms with van der Waals surface area (Å²) in [4.78, 5) is 8.16. The monoisotopic (exact) mass is 229 g/mol. The summed E-state index contributed by atoms with van der Waals surface area (Å²) < 4.78 is 5.65. The summed E-state index contributed by atoms with van der Waals surface area (Å²) in [7, 11) is 0. The van der Waals surface area contributed by atoms with Gasteiger partial charge in [-0.3, -0.25) is 0 Å². The van der Waals surface area contributed by atoms with E-state index in [2.05, 4.69) is 23.0 Å². The number of ether oxygens (including phenoxy) is 1.